The summed E-state index contributed by atoms with van der Waals surface area (Å²) in [5.74, 6) is -0.103. The van der Waals surface area contributed by atoms with Crippen molar-refractivity contribution in [2.75, 3.05) is 20.3 Å². The lowest BCUT2D eigenvalue weighted by Crippen LogP contribution is -2.29. The summed E-state index contributed by atoms with van der Waals surface area (Å²) in [6, 6.07) is 15.4. The molecule has 4 rings (SSSR count). The van der Waals surface area contributed by atoms with E-state index in [1.54, 1.807) is 7.11 Å². The summed E-state index contributed by atoms with van der Waals surface area (Å²) in [7, 11) is 1.57. The molecule has 1 N–H and O–H groups in total. The maximum Gasteiger partial charge on any atom is 0.347 e. The van der Waals surface area contributed by atoms with Gasteiger partial charge in [-0.3, -0.25) is 4.79 Å². The van der Waals surface area contributed by atoms with E-state index >= 15 is 0 Å². The molecule has 0 saturated heterocycles. The Labute approximate surface area is 186 Å². The van der Waals surface area contributed by atoms with E-state index in [4.69, 9.17) is 14.3 Å². The van der Waals surface area contributed by atoms with Crippen molar-refractivity contribution in [3.8, 4) is 5.75 Å². The molecule has 7 nitrogen and oxygen atoms in total. The van der Waals surface area contributed by atoms with Crippen LogP contribution in [0.25, 0.3) is 0 Å². The number of hydrogen-bond acceptors (Lipinski definition) is 6. The second kappa shape index (κ2) is 9.96. The first kappa shape index (κ1) is 21.4. The summed E-state index contributed by atoms with van der Waals surface area (Å²) in [5.41, 5.74) is 3.82. The number of rotatable bonds is 8. The van der Waals surface area contributed by atoms with Crippen LogP contribution in [0.5, 0.6) is 5.75 Å². The van der Waals surface area contributed by atoms with Crippen LogP contribution in [0.1, 0.15) is 22.6 Å². The quantitative estimate of drug-likeness (QED) is 0.512. The van der Waals surface area contributed by atoms with E-state index in [1.807, 2.05) is 54.6 Å². The van der Waals surface area contributed by atoms with Gasteiger partial charge < -0.3 is 19.6 Å². The van der Waals surface area contributed by atoms with E-state index < -0.39 is 18.5 Å². The number of ether oxygens (including phenoxy) is 2. The zero-order chi connectivity index (χ0) is 22.3. The zero-order valence-corrected chi connectivity index (χ0v) is 17.7. The highest BCUT2D eigenvalue weighted by Crippen LogP contribution is 2.41. The highest BCUT2D eigenvalue weighted by atomic mass is 16.7. The number of hydrogen-bond donors (Lipinski definition) is 1. The van der Waals surface area contributed by atoms with Crippen molar-refractivity contribution in [3.05, 3.63) is 89.5 Å². The second-order valence-electron chi connectivity index (χ2n) is 7.41. The summed E-state index contributed by atoms with van der Waals surface area (Å²) < 4.78 is 10.2. The molecule has 2 aliphatic carbocycles. The number of fused-ring (bicyclic) bond motifs is 3. The standard InChI is InChI=1S/C25H24N2O5/c1-30-22-13-7-2-8-17(22)14-26-23(28)15-31-24(29)16-32-27-25-20-11-5-3-9-18(20)19-10-4-6-12-21(19)25/h2-13,18,20H,14-16H2,1H3,(H,26,28)/b27-25+. The molecule has 2 aromatic rings. The van der Waals surface area contributed by atoms with Gasteiger partial charge in [-0.15, -0.1) is 0 Å². The number of amides is 1. The summed E-state index contributed by atoms with van der Waals surface area (Å²) in [6.07, 6.45) is 8.24. The normalized spacial score (nSPS) is 19.2. The van der Waals surface area contributed by atoms with Gasteiger partial charge in [0.2, 0.25) is 6.61 Å². The van der Waals surface area contributed by atoms with Crippen LogP contribution in [-0.4, -0.2) is 37.9 Å². The SMILES string of the molecule is COc1ccccc1CNC(=O)COC(=O)CO/N=C1/c2ccccc2C2C=CC=CC12. The fourth-order valence-electron chi connectivity index (χ4n) is 3.91. The first-order chi connectivity index (χ1) is 15.7. The molecule has 0 radical (unpaired) electrons. The number of nitrogens with one attached hydrogen (secondary N) is 1. The molecule has 0 fully saturated rings. The lowest BCUT2D eigenvalue weighted by atomic mass is 9.88. The van der Waals surface area contributed by atoms with Gasteiger partial charge in [-0.05, 0) is 11.6 Å². The maximum absolute atomic E-state index is 12.0. The fourth-order valence-corrected chi connectivity index (χ4v) is 3.91. The van der Waals surface area contributed by atoms with Crippen molar-refractivity contribution in [1.82, 2.24) is 5.32 Å². The number of carbonyl (C=O) groups is 2. The van der Waals surface area contributed by atoms with Gasteiger partial charge in [0, 0.05) is 29.5 Å². The van der Waals surface area contributed by atoms with Crippen molar-refractivity contribution in [2.45, 2.75) is 12.5 Å². The summed E-state index contributed by atoms with van der Waals surface area (Å²) in [4.78, 5) is 29.3. The van der Waals surface area contributed by atoms with E-state index in [9.17, 15) is 9.59 Å². The number of methoxy groups -OCH3 is 1. The van der Waals surface area contributed by atoms with E-state index in [0.29, 0.717) is 5.75 Å². The van der Waals surface area contributed by atoms with Crippen molar-refractivity contribution >= 4 is 17.6 Å². The zero-order valence-electron chi connectivity index (χ0n) is 17.7. The van der Waals surface area contributed by atoms with Gasteiger partial charge >= 0.3 is 5.97 Å². The summed E-state index contributed by atoms with van der Waals surface area (Å²) in [6.45, 7) is -0.494. The molecule has 0 aliphatic heterocycles. The molecule has 2 unspecified atom stereocenters. The molecule has 0 bridgehead atoms. The average molecular weight is 432 g/mol. The molecule has 0 aromatic heterocycles. The van der Waals surface area contributed by atoms with Crippen LogP contribution in [0, 0.1) is 5.92 Å². The fraction of sp³-hybridized carbons (Fsp3) is 0.240. The number of carbonyl (C=O) groups excluding carboxylic acids is 2. The van der Waals surface area contributed by atoms with Gasteiger partial charge in [0.25, 0.3) is 5.91 Å². The Morgan fingerprint density at radius 1 is 0.969 bits per heavy atom. The largest absolute Gasteiger partial charge is 0.496 e. The highest BCUT2D eigenvalue weighted by Gasteiger charge is 2.36. The first-order valence-electron chi connectivity index (χ1n) is 10.4. The van der Waals surface area contributed by atoms with Crippen LogP contribution in [0.3, 0.4) is 0 Å². The summed E-state index contributed by atoms with van der Waals surface area (Å²) in [5, 5.41) is 6.92. The number of esters is 1. The van der Waals surface area contributed by atoms with E-state index in [2.05, 4.69) is 28.7 Å². The molecule has 2 aromatic carbocycles. The Morgan fingerprint density at radius 2 is 1.72 bits per heavy atom. The van der Waals surface area contributed by atoms with Crippen LogP contribution >= 0.6 is 0 Å². The van der Waals surface area contributed by atoms with Crippen molar-refractivity contribution in [1.29, 1.82) is 0 Å². The molecule has 2 aliphatic rings. The third-order valence-electron chi connectivity index (χ3n) is 5.42. The van der Waals surface area contributed by atoms with Gasteiger partial charge in [0.1, 0.15) is 5.75 Å². The third kappa shape index (κ3) is 4.72. The molecule has 1 amide bonds. The van der Waals surface area contributed by atoms with Gasteiger partial charge in [0.05, 0.1) is 12.8 Å². The monoisotopic (exact) mass is 432 g/mol. The smallest absolute Gasteiger partial charge is 0.347 e. The number of benzene rings is 2. The number of nitrogens with zero attached hydrogens (tertiary/aromatic N) is 1. The lowest BCUT2D eigenvalue weighted by Gasteiger charge is -2.15. The first-order valence-corrected chi connectivity index (χ1v) is 10.4. The Kier molecular flexibility index (Phi) is 6.65. The molecular formula is C25H24N2O5. The maximum atomic E-state index is 12.0. The molecule has 32 heavy (non-hydrogen) atoms. The minimum Gasteiger partial charge on any atom is -0.496 e. The molecule has 2 atom stereocenters. The Morgan fingerprint density at radius 3 is 2.56 bits per heavy atom. The predicted molar refractivity (Wildman–Crippen MR) is 119 cm³/mol. The van der Waals surface area contributed by atoms with E-state index in [-0.39, 0.29) is 25.0 Å². The molecule has 0 spiro atoms. The van der Waals surface area contributed by atoms with Gasteiger partial charge in [-0.2, -0.15) is 0 Å². The second-order valence-corrected chi connectivity index (χ2v) is 7.41. The van der Waals surface area contributed by atoms with Crippen LogP contribution in [0.4, 0.5) is 0 Å². The number of oxime groups is 1. The van der Waals surface area contributed by atoms with Crippen molar-refractivity contribution in [2.24, 2.45) is 11.1 Å². The minimum atomic E-state index is -0.663. The van der Waals surface area contributed by atoms with Crippen LogP contribution < -0.4 is 10.1 Å². The van der Waals surface area contributed by atoms with Gasteiger partial charge in [-0.1, -0.05) is 71.9 Å². The molecule has 7 heteroatoms. The molecular weight excluding hydrogens is 408 g/mol. The van der Waals surface area contributed by atoms with Crippen LogP contribution in [-0.2, 0) is 25.7 Å². The molecule has 164 valence electrons. The van der Waals surface area contributed by atoms with Crippen molar-refractivity contribution < 1.29 is 23.9 Å². The Balaban J connectivity index is 1.25. The number of para-hydroxylation sites is 1. The minimum absolute atomic E-state index is 0.0779. The number of allylic oxidation sites excluding steroid dienone is 4. The van der Waals surface area contributed by atoms with Crippen LogP contribution in [0.2, 0.25) is 0 Å². The molecule has 0 heterocycles. The Hall–Kier alpha value is -3.87. The summed E-state index contributed by atoms with van der Waals surface area (Å²) >= 11 is 0. The average Bonchev–Trinajstić information content (AvgIpc) is 3.15. The van der Waals surface area contributed by atoms with Gasteiger partial charge in [0.15, 0.2) is 6.61 Å². The molecule has 0 saturated carbocycles. The topological polar surface area (TPSA) is 86.2 Å². The lowest BCUT2D eigenvalue weighted by molar-refractivity contribution is -0.152. The van der Waals surface area contributed by atoms with Crippen LogP contribution in [0.15, 0.2) is 78.0 Å². The van der Waals surface area contributed by atoms with Gasteiger partial charge in [-0.25, -0.2) is 4.79 Å². The third-order valence-corrected chi connectivity index (χ3v) is 5.42. The predicted octanol–water partition coefficient (Wildman–Crippen LogP) is 3.11. The highest BCUT2D eigenvalue weighted by molar-refractivity contribution is 6.08. The van der Waals surface area contributed by atoms with E-state index in [0.717, 1.165) is 16.8 Å². The van der Waals surface area contributed by atoms with Crippen molar-refractivity contribution in [3.63, 3.8) is 0 Å². The Bertz CT molecular complexity index is 1090. The van der Waals surface area contributed by atoms with E-state index in [1.165, 1.54) is 5.56 Å².